The molecular weight excluding hydrogens is 316 g/mol. The van der Waals surface area contributed by atoms with Crippen LogP contribution in [0, 0.1) is 34.5 Å². The van der Waals surface area contributed by atoms with E-state index in [1.165, 1.54) is 12.8 Å². The molecule has 0 aromatic carbocycles. The minimum absolute atomic E-state index is 0.111. The summed E-state index contributed by atoms with van der Waals surface area (Å²) in [6.07, 6.45) is 7.92. The van der Waals surface area contributed by atoms with Crippen molar-refractivity contribution in [3.8, 4) is 0 Å². The summed E-state index contributed by atoms with van der Waals surface area (Å²) < 4.78 is 0. The molecular formula is C21H36O4. The molecule has 0 spiro atoms. The van der Waals surface area contributed by atoms with E-state index in [1.54, 1.807) is 0 Å². The first-order valence-corrected chi connectivity index (χ1v) is 10.5. The minimum atomic E-state index is -1.14. The van der Waals surface area contributed by atoms with E-state index in [-0.39, 0.29) is 18.1 Å². The fourth-order valence-electron chi connectivity index (χ4n) is 7.98. The second-order valence-electron chi connectivity index (χ2n) is 10.2. The van der Waals surface area contributed by atoms with Gasteiger partial charge in [0.2, 0.25) is 0 Å². The summed E-state index contributed by atoms with van der Waals surface area (Å²) in [5.74, 6) is 2.40. The number of hydrogen-bond donors (Lipinski definition) is 4. The molecule has 4 rings (SSSR count). The summed E-state index contributed by atoms with van der Waals surface area (Å²) in [4.78, 5) is 0. The van der Waals surface area contributed by atoms with E-state index < -0.39 is 11.7 Å². The van der Waals surface area contributed by atoms with Crippen LogP contribution in [0.15, 0.2) is 0 Å². The smallest absolute Gasteiger partial charge is 0.106 e. The second-order valence-corrected chi connectivity index (χ2v) is 10.2. The fourth-order valence-corrected chi connectivity index (χ4v) is 7.98. The van der Waals surface area contributed by atoms with Gasteiger partial charge < -0.3 is 20.4 Å². The Hall–Kier alpha value is -0.160. The van der Waals surface area contributed by atoms with E-state index in [0.717, 1.165) is 38.5 Å². The fraction of sp³-hybridized carbons (Fsp3) is 1.00. The lowest BCUT2D eigenvalue weighted by molar-refractivity contribution is -0.196. The summed E-state index contributed by atoms with van der Waals surface area (Å²) >= 11 is 0. The quantitative estimate of drug-likeness (QED) is 0.615. The summed E-state index contributed by atoms with van der Waals surface area (Å²) in [6, 6.07) is 0. The van der Waals surface area contributed by atoms with Gasteiger partial charge in [0.25, 0.3) is 0 Å². The molecule has 0 aromatic rings. The standard InChI is InChI=1S/C21H36O4/c1-19-8-5-14(23)11-13(19)3-4-15-16(19)6-9-20(2)17(15)7-10-21(20,25)18(24)12-22/h13-18,22-25H,3-12H2,1-2H3/t13-,14-,15+,16-,17-,18?,19-,20-,21+/m0/s1. The van der Waals surface area contributed by atoms with Crippen LogP contribution in [-0.2, 0) is 0 Å². The highest BCUT2D eigenvalue weighted by atomic mass is 16.4. The molecule has 0 aromatic heterocycles. The molecule has 0 radical (unpaired) electrons. The first-order valence-electron chi connectivity index (χ1n) is 10.5. The average molecular weight is 353 g/mol. The van der Waals surface area contributed by atoms with Crippen LogP contribution in [0.2, 0.25) is 0 Å². The molecule has 4 nitrogen and oxygen atoms in total. The third kappa shape index (κ3) is 2.33. The van der Waals surface area contributed by atoms with Gasteiger partial charge in [-0.1, -0.05) is 13.8 Å². The zero-order valence-electron chi connectivity index (χ0n) is 15.8. The van der Waals surface area contributed by atoms with Crippen molar-refractivity contribution < 1.29 is 20.4 Å². The van der Waals surface area contributed by atoms with Gasteiger partial charge in [-0.3, -0.25) is 0 Å². The van der Waals surface area contributed by atoms with Gasteiger partial charge in [0.1, 0.15) is 6.10 Å². The second kappa shape index (κ2) is 5.92. The van der Waals surface area contributed by atoms with E-state index >= 15 is 0 Å². The highest BCUT2D eigenvalue weighted by molar-refractivity contribution is 5.15. The molecule has 144 valence electrons. The van der Waals surface area contributed by atoms with Gasteiger partial charge in [0, 0.05) is 5.41 Å². The summed E-state index contributed by atoms with van der Waals surface area (Å²) in [5, 5.41) is 41.3. The van der Waals surface area contributed by atoms with Crippen LogP contribution in [0.3, 0.4) is 0 Å². The Kier molecular flexibility index (Phi) is 4.31. The molecule has 4 aliphatic rings. The SMILES string of the molecule is C[C@]12CC[C@H](O)C[C@@H]1CC[C@@H]1[C@@H]2CC[C@@]2(C)[C@H]1CC[C@@]2(O)C(O)CO. The molecule has 9 atom stereocenters. The zero-order valence-corrected chi connectivity index (χ0v) is 15.8. The highest BCUT2D eigenvalue weighted by Crippen LogP contribution is 2.68. The van der Waals surface area contributed by atoms with Crippen LogP contribution in [0.1, 0.15) is 71.6 Å². The number of aliphatic hydroxyl groups is 4. The molecule has 4 aliphatic carbocycles. The van der Waals surface area contributed by atoms with Crippen LogP contribution in [0.4, 0.5) is 0 Å². The normalized spacial score (nSPS) is 56.6. The van der Waals surface area contributed by atoms with Crippen LogP contribution in [-0.4, -0.2) is 44.8 Å². The Labute approximate surface area is 151 Å². The monoisotopic (exact) mass is 352 g/mol. The van der Waals surface area contributed by atoms with Crippen molar-refractivity contribution in [1.82, 2.24) is 0 Å². The first kappa shape index (κ1) is 18.2. The Balaban J connectivity index is 1.62. The summed E-state index contributed by atoms with van der Waals surface area (Å²) in [7, 11) is 0. The Bertz CT molecular complexity index is 524. The molecule has 4 N–H and O–H groups in total. The Morgan fingerprint density at radius 3 is 2.40 bits per heavy atom. The van der Waals surface area contributed by atoms with Crippen molar-refractivity contribution in [2.75, 3.05) is 6.61 Å². The van der Waals surface area contributed by atoms with Crippen molar-refractivity contribution in [3.63, 3.8) is 0 Å². The van der Waals surface area contributed by atoms with Gasteiger partial charge in [0.05, 0.1) is 18.3 Å². The minimum Gasteiger partial charge on any atom is -0.394 e. The molecule has 0 saturated heterocycles. The third-order valence-corrected chi connectivity index (χ3v) is 9.58. The third-order valence-electron chi connectivity index (χ3n) is 9.58. The maximum Gasteiger partial charge on any atom is 0.106 e. The van der Waals surface area contributed by atoms with Crippen LogP contribution < -0.4 is 0 Å². The summed E-state index contributed by atoms with van der Waals surface area (Å²) in [5.41, 5.74) is -1.09. The van der Waals surface area contributed by atoms with E-state index in [0.29, 0.717) is 35.5 Å². The van der Waals surface area contributed by atoms with Crippen molar-refractivity contribution >= 4 is 0 Å². The predicted octanol–water partition coefficient (Wildman–Crippen LogP) is 2.47. The van der Waals surface area contributed by atoms with E-state index in [1.807, 2.05) is 0 Å². The molecule has 4 fully saturated rings. The van der Waals surface area contributed by atoms with Gasteiger partial charge in [0.15, 0.2) is 0 Å². The molecule has 1 unspecified atom stereocenters. The van der Waals surface area contributed by atoms with E-state index in [9.17, 15) is 20.4 Å². The molecule has 0 bridgehead atoms. The Morgan fingerprint density at radius 1 is 0.960 bits per heavy atom. The van der Waals surface area contributed by atoms with E-state index in [4.69, 9.17) is 0 Å². The zero-order chi connectivity index (χ0) is 18.0. The average Bonchev–Trinajstić information content (AvgIpc) is 2.87. The van der Waals surface area contributed by atoms with Gasteiger partial charge in [-0.25, -0.2) is 0 Å². The lowest BCUT2D eigenvalue weighted by Gasteiger charge is -2.61. The van der Waals surface area contributed by atoms with Crippen molar-refractivity contribution in [2.45, 2.75) is 89.4 Å². The number of fused-ring (bicyclic) bond motifs is 5. The van der Waals surface area contributed by atoms with Gasteiger partial charge in [-0.2, -0.15) is 0 Å². The van der Waals surface area contributed by atoms with Gasteiger partial charge in [-0.15, -0.1) is 0 Å². The lowest BCUT2D eigenvalue weighted by atomic mass is 9.44. The molecule has 0 heterocycles. The van der Waals surface area contributed by atoms with Crippen molar-refractivity contribution in [3.05, 3.63) is 0 Å². The van der Waals surface area contributed by atoms with E-state index in [2.05, 4.69) is 13.8 Å². The van der Waals surface area contributed by atoms with Crippen molar-refractivity contribution in [1.29, 1.82) is 0 Å². The molecule has 25 heavy (non-hydrogen) atoms. The topological polar surface area (TPSA) is 80.9 Å². The largest absolute Gasteiger partial charge is 0.394 e. The van der Waals surface area contributed by atoms with Gasteiger partial charge in [-0.05, 0) is 86.9 Å². The molecule has 4 saturated carbocycles. The molecule has 4 heteroatoms. The Morgan fingerprint density at radius 2 is 1.68 bits per heavy atom. The highest BCUT2D eigenvalue weighted by Gasteiger charge is 2.66. The van der Waals surface area contributed by atoms with Crippen LogP contribution in [0.25, 0.3) is 0 Å². The molecule has 0 amide bonds. The van der Waals surface area contributed by atoms with Crippen LogP contribution >= 0.6 is 0 Å². The maximum atomic E-state index is 11.3. The molecule has 0 aliphatic heterocycles. The number of aliphatic hydroxyl groups excluding tert-OH is 3. The maximum absolute atomic E-state index is 11.3. The van der Waals surface area contributed by atoms with Crippen LogP contribution in [0.5, 0.6) is 0 Å². The number of rotatable bonds is 2. The van der Waals surface area contributed by atoms with Crippen molar-refractivity contribution in [2.24, 2.45) is 34.5 Å². The first-order chi connectivity index (χ1) is 11.8. The summed E-state index contributed by atoms with van der Waals surface area (Å²) in [6.45, 7) is 4.27. The predicted molar refractivity (Wildman–Crippen MR) is 95.8 cm³/mol. The van der Waals surface area contributed by atoms with Gasteiger partial charge >= 0.3 is 0 Å². The lowest BCUT2D eigenvalue weighted by Crippen LogP contribution is -2.60. The number of hydrogen-bond acceptors (Lipinski definition) is 4.